The van der Waals surface area contributed by atoms with E-state index in [4.69, 9.17) is 5.11 Å². The lowest BCUT2D eigenvalue weighted by molar-refractivity contribution is 0.285. The van der Waals surface area contributed by atoms with Gasteiger partial charge in [0.2, 0.25) is 10.0 Å². The van der Waals surface area contributed by atoms with Gasteiger partial charge in [-0.2, -0.15) is 23.5 Å². The van der Waals surface area contributed by atoms with Crippen molar-refractivity contribution < 1.29 is 13.5 Å². The van der Waals surface area contributed by atoms with Crippen LogP contribution in [0.1, 0.15) is 10.4 Å². The Balaban J connectivity index is 2.00. The molecule has 2 N–H and O–H groups in total. The molecule has 0 aromatic carbocycles. The number of aliphatic hydroxyl groups is 1. The van der Waals surface area contributed by atoms with Crippen LogP contribution in [0.4, 0.5) is 0 Å². The first-order valence-corrected chi connectivity index (χ1v) is 10.4. The summed E-state index contributed by atoms with van der Waals surface area (Å²) in [4.78, 5) is 0.711. The summed E-state index contributed by atoms with van der Waals surface area (Å²) in [5.41, 5.74) is 0.829. The molecule has 1 aromatic rings. The summed E-state index contributed by atoms with van der Waals surface area (Å²) in [6.45, 7) is 2.18. The van der Waals surface area contributed by atoms with E-state index in [9.17, 15) is 8.42 Å². The minimum Gasteiger partial charge on any atom is -0.391 e. The van der Waals surface area contributed by atoms with Gasteiger partial charge in [-0.25, -0.2) is 13.1 Å². The number of sulfonamides is 1. The van der Waals surface area contributed by atoms with Crippen molar-refractivity contribution in [2.75, 3.05) is 23.8 Å². The molecule has 19 heavy (non-hydrogen) atoms. The maximum Gasteiger partial charge on any atom is 0.250 e. The molecule has 2 heterocycles. The molecule has 1 aliphatic heterocycles. The summed E-state index contributed by atoms with van der Waals surface area (Å²) < 4.78 is 27.3. The number of hydrogen-bond donors (Lipinski definition) is 2. The van der Waals surface area contributed by atoms with Crippen LogP contribution in [0.25, 0.3) is 0 Å². The molecule has 108 valence electrons. The van der Waals surface area contributed by atoms with E-state index in [1.807, 2.05) is 30.4 Å². The van der Waals surface area contributed by atoms with Gasteiger partial charge in [-0.05, 0) is 18.6 Å². The van der Waals surface area contributed by atoms with E-state index in [2.05, 4.69) is 4.72 Å². The molecule has 1 saturated heterocycles. The van der Waals surface area contributed by atoms with Gasteiger partial charge in [0, 0.05) is 33.9 Å². The zero-order valence-electron chi connectivity index (χ0n) is 10.6. The van der Waals surface area contributed by atoms with Gasteiger partial charge in [-0.15, -0.1) is 11.3 Å². The molecule has 1 aromatic heterocycles. The Morgan fingerprint density at radius 1 is 1.47 bits per heavy atom. The van der Waals surface area contributed by atoms with Crippen LogP contribution >= 0.6 is 34.9 Å². The zero-order valence-corrected chi connectivity index (χ0v) is 13.9. The molecule has 1 unspecified atom stereocenters. The Bertz CT molecular complexity index is 520. The molecular formula is C11H17NO3S4. The largest absolute Gasteiger partial charge is 0.391 e. The van der Waals surface area contributed by atoms with Crippen molar-refractivity contribution in [2.24, 2.45) is 0 Å². The van der Waals surface area contributed by atoms with Gasteiger partial charge >= 0.3 is 0 Å². The first-order chi connectivity index (χ1) is 9.03. The SMILES string of the molecule is Cc1cc(S(=O)(=O)NCC2CSCCS2)sc1CO. The van der Waals surface area contributed by atoms with Crippen molar-refractivity contribution >= 4 is 44.9 Å². The first kappa shape index (κ1) is 15.7. The molecule has 0 amide bonds. The lowest BCUT2D eigenvalue weighted by Gasteiger charge is -2.20. The molecule has 2 rings (SSSR count). The lowest BCUT2D eigenvalue weighted by Crippen LogP contribution is -2.33. The van der Waals surface area contributed by atoms with Gasteiger partial charge in [0.25, 0.3) is 0 Å². The van der Waals surface area contributed by atoms with Crippen LogP contribution in [0.2, 0.25) is 0 Å². The Kier molecular flexibility index (Phi) is 5.62. The third kappa shape index (κ3) is 4.12. The Hall–Kier alpha value is 0.270. The number of hydrogen-bond acceptors (Lipinski definition) is 6. The van der Waals surface area contributed by atoms with Gasteiger partial charge in [0.1, 0.15) is 4.21 Å². The van der Waals surface area contributed by atoms with Crippen molar-refractivity contribution in [1.82, 2.24) is 4.72 Å². The topological polar surface area (TPSA) is 66.4 Å². The van der Waals surface area contributed by atoms with E-state index < -0.39 is 10.0 Å². The second kappa shape index (κ2) is 6.82. The minimum absolute atomic E-state index is 0.110. The van der Waals surface area contributed by atoms with Crippen molar-refractivity contribution in [1.29, 1.82) is 0 Å². The molecule has 8 heteroatoms. The van der Waals surface area contributed by atoms with E-state index >= 15 is 0 Å². The van der Waals surface area contributed by atoms with Crippen molar-refractivity contribution in [3.8, 4) is 0 Å². The molecule has 1 fully saturated rings. The first-order valence-electron chi connectivity index (χ1n) is 5.92. The summed E-state index contributed by atoms with van der Waals surface area (Å²) in [5.74, 6) is 3.24. The molecular weight excluding hydrogens is 322 g/mol. The number of aliphatic hydroxyl groups excluding tert-OH is 1. The monoisotopic (exact) mass is 339 g/mol. The summed E-state index contributed by atoms with van der Waals surface area (Å²) >= 11 is 4.84. The molecule has 1 atom stereocenters. The number of nitrogens with one attached hydrogen (secondary N) is 1. The third-order valence-electron chi connectivity index (χ3n) is 2.79. The van der Waals surface area contributed by atoms with Gasteiger partial charge in [-0.1, -0.05) is 0 Å². The predicted molar refractivity (Wildman–Crippen MR) is 83.7 cm³/mol. The van der Waals surface area contributed by atoms with Crippen LogP contribution < -0.4 is 4.72 Å². The third-order valence-corrected chi connectivity index (χ3v) is 8.76. The number of thioether (sulfide) groups is 2. The van der Waals surface area contributed by atoms with Crippen LogP contribution in [0.3, 0.4) is 0 Å². The average Bonchev–Trinajstić information content (AvgIpc) is 2.80. The quantitative estimate of drug-likeness (QED) is 0.854. The van der Waals surface area contributed by atoms with E-state index in [1.165, 1.54) is 0 Å². The van der Waals surface area contributed by atoms with Gasteiger partial charge in [-0.3, -0.25) is 0 Å². The summed E-state index contributed by atoms with van der Waals surface area (Å²) in [5, 5.41) is 9.47. The normalized spacial score (nSPS) is 20.6. The Morgan fingerprint density at radius 2 is 2.26 bits per heavy atom. The summed E-state index contributed by atoms with van der Waals surface area (Å²) in [7, 11) is -3.44. The molecule has 0 bridgehead atoms. The second-order valence-corrected chi connectivity index (χ2v) is 9.94. The highest BCUT2D eigenvalue weighted by Gasteiger charge is 2.21. The fourth-order valence-electron chi connectivity index (χ4n) is 1.71. The summed E-state index contributed by atoms with van der Waals surface area (Å²) in [6.07, 6.45) is 0. The molecule has 4 nitrogen and oxygen atoms in total. The predicted octanol–water partition coefficient (Wildman–Crippen LogP) is 1.68. The van der Waals surface area contributed by atoms with Crippen LogP contribution in [0.15, 0.2) is 10.3 Å². The second-order valence-electron chi connectivity index (χ2n) is 4.25. The van der Waals surface area contributed by atoms with Crippen molar-refractivity contribution in [3.63, 3.8) is 0 Å². The van der Waals surface area contributed by atoms with E-state index in [1.54, 1.807) is 6.07 Å². The van der Waals surface area contributed by atoms with Crippen LogP contribution in [-0.4, -0.2) is 42.6 Å². The highest BCUT2D eigenvalue weighted by Crippen LogP contribution is 2.27. The van der Waals surface area contributed by atoms with Crippen LogP contribution in [0, 0.1) is 6.92 Å². The molecule has 1 aliphatic rings. The number of rotatable bonds is 5. The molecule has 0 spiro atoms. The van der Waals surface area contributed by atoms with E-state index in [-0.39, 0.29) is 6.61 Å². The highest BCUT2D eigenvalue weighted by molar-refractivity contribution is 8.06. The number of thiophene rings is 1. The Labute approximate surface area is 126 Å². The fourth-order valence-corrected chi connectivity index (χ4v) is 7.00. The lowest BCUT2D eigenvalue weighted by atomic mass is 10.3. The van der Waals surface area contributed by atoms with Crippen LogP contribution in [-0.2, 0) is 16.6 Å². The highest BCUT2D eigenvalue weighted by atomic mass is 32.2. The van der Waals surface area contributed by atoms with Crippen molar-refractivity contribution in [2.45, 2.75) is 23.0 Å². The van der Waals surface area contributed by atoms with E-state index in [0.29, 0.717) is 20.9 Å². The molecule has 0 aliphatic carbocycles. The fraction of sp³-hybridized carbons (Fsp3) is 0.636. The Morgan fingerprint density at radius 3 is 2.84 bits per heavy atom. The van der Waals surface area contributed by atoms with Gasteiger partial charge in [0.15, 0.2) is 0 Å². The number of aryl methyl sites for hydroxylation is 1. The van der Waals surface area contributed by atoms with Gasteiger partial charge in [0.05, 0.1) is 6.61 Å². The zero-order chi connectivity index (χ0) is 13.9. The maximum absolute atomic E-state index is 12.2. The standard InChI is InChI=1S/C11H17NO3S4/c1-8-4-11(18-10(8)6-13)19(14,15)12-5-9-7-16-2-3-17-9/h4,9,12-13H,2-3,5-7H2,1H3. The molecule has 0 radical (unpaired) electrons. The summed E-state index contributed by atoms with van der Waals surface area (Å²) in [6, 6.07) is 1.63. The molecule has 0 saturated carbocycles. The van der Waals surface area contributed by atoms with Gasteiger partial charge < -0.3 is 5.11 Å². The minimum atomic E-state index is -3.44. The van der Waals surface area contributed by atoms with Crippen molar-refractivity contribution in [3.05, 3.63) is 16.5 Å². The van der Waals surface area contributed by atoms with E-state index in [0.717, 1.165) is 34.2 Å². The van der Waals surface area contributed by atoms with Crippen LogP contribution in [0.5, 0.6) is 0 Å². The average molecular weight is 340 g/mol. The smallest absolute Gasteiger partial charge is 0.250 e. The maximum atomic E-state index is 12.2.